The third-order valence-corrected chi connectivity index (χ3v) is 5.64. The van der Waals surface area contributed by atoms with Gasteiger partial charge in [-0.05, 0) is 31.0 Å². The molecule has 1 aliphatic rings. The standard InChI is InChI=1S/C23H25N7O5/c1-34-19-9-5-2-6-16(19)25-23-27-20(26-22(24)28-23)14-35-21(31)15-10-12-29(13-11-15)17-7-3-4-8-18(17)30(32)33/h2-9,15H,10-14H2,1H3,(H3,24,25,26,27,28). The van der Waals surface area contributed by atoms with Crippen LogP contribution in [0.3, 0.4) is 0 Å². The second-order valence-electron chi connectivity index (χ2n) is 7.87. The summed E-state index contributed by atoms with van der Waals surface area (Å²) in [6.45, 7) is 0.864. The van der Waals surface area contributed by atoms with Crippen molar-refractivity contribution in [3.63, 3.8) is 0 Å². The number of nitrogens with one attached hydrogen (secondary N) is 1. The number of nitrogens with zero attached hydrogens (tertiary/aromatic N) is 5. The van der Waals surface area contributed by atoms with Gasteiger partial charge >= 0.3 is 5.97 Å². The molecule has 1 saturated heterocycles. The van der Waals surface area contributed by atoms with E-state index in [0.29, 0.717) is 43.1 Å². The molecule has 4 rings (SSSR count). The van der Waals surface area contributed by atoms with Gasteiger partial charge in [-0.25, -0.2) is 0 Å². The molecule has 1 aromatic heterocycles. The summed E-state index contributed by atoms with van der Waals surface area (Å²) < 4.78 is 10.8. The minimum Gasteiger partial charge on any atom is -0.495 e. The molecule has 12 nitrogen and oxygen atoms in total. The number of carbonyl (C=O) groups excluding carboxylic acids is 1. The minimum absolute atomic E-state index is 0.0128. The smallest absolute Gasteiger partial charge is 0.309 e. The zero-order valence-electron chi connectivity index (χ0n) is 19.1. The number of carbonyl (C=O) groups is 1. The van der Waals surface area contributed by atoms with Crippen molar-refractivity contribution in [3.8, 4) is 5.75 Å². The van der Waals surface area contributed by atoms with Gasteiger partial charge in [-0.1, -0.05) is 24.3 Å². The lowest BCUT2D eigenvalue weighted by Crippen LogP contribution is -2.37. The van der Waals surface area contributed by atoms with Crippen LogP contribution in [0.2, 0.25) is 0 Å². The molecule has 0 unspecified atom stereocenters. The molecular formula is C23H25N7O5. The Morgan fingerprint density at radius 1 is 1.14 bits per heavy atom. The average Bonchev–Trinajstić information content (AvgIpc) is 2.87. The molecule has 0 spiro atoms. The number of rotatable bonds is 8. The lowest BCUT2D eigenvalue weighted by atomic mass is 9.96. The van der Waals surface area contributed by atoms with Crippen molar-refractivity contribution in [2.45, 2.75) is 19.4 Å². The van der Waals surface area contributed by atoms with Crippen LogP contribution < -0.4 is 20.7 Å². The van der Waals surface area contributed by atoms with Crippen LogP contribution in [0.4, 0.5) is 29.0 Å². The Morgan fingerprint density at radius 3 is 2.60 bits per heavy atom. The normalized spacial score (nSPS) is 13.8. The topological polar surface area (TPSA) is 159 Å². The van der Waals surface area contributed by atoms with E-state index in [9.17, 15) is 14.9 Å². The molecule has 182 valence electrons. The van der Waals surface area contributed by atoms with Crippen molar-refractivity contribution in [1.82, 2.24) is 15.0 Å². The summed E-state index contributed by atoms with van der Waals surface area (Å²) in [6.07, 6.45) is 1.04. The van der Waals surface area contributed by atoms with E-state index in [0.717, 1.165) is 0 Å². The third kappa shape index (κ3) is 5.72. The van der Waals surface area contributed by atoms with E-state index in [2.05, 4.69) is 20.3 Å². The molecule has 12 heteroatoms. The summed E-state index contributed by atoms with van der Waals surface area (Å²) in [5.74, 6) is 0.309. The van der Waals surface area contributed by atoms with Crippen molar-refractivity contribution in [1.29, 1.82) is 0 Å². The number of esters is 1. The van der Waals surface area contributed by atoms with Crippen molar-refractivity contribution in [2.75, 3.05) is 36.1 Å². The monoisotopic (exact) mass is 479 g/mol. The van der Waals surface area contributed by atoms with Crippen LogP contribution >= 0.6 is 0 Å². The maximum atomic E-state index is 12.7. The quantitative estimate of drug-likeness (QED) is 0.278. The van der Waals surface area contributed by atoms with Crippen LogP contribution in [0.1, 0.15) is 18.7 Å². The minimum atomic E-state index is -0.396. The first-order valence-electron chi connectivity index (χ1n) is 11.0. The molecule has 35 heavy (non-hydrogen) atoms. The molecular weight excluding hydrogens is 454 g/mol. The molecule has 2 heterocycles. The molecule has 0 aliphatic carbocycles. The largest absolute Gasteiger partial charge is 0.495 e. The summed E-state index contributed by atoms with van der Waals surface area (Å²) >= 11 is 0. The van der Waals surface area contributed by atoms with E-state index < -0.39 is 4.92 Å². The maximum absolute atomic E-state index is 12.7. The number of nitro benzene ring substituents is 1. The number of para-hydroxylation sites is 4. The molecule has 2 aromatic carbocycles. The highest BCUT2D eigenvalue weighted by Gasteiger charge is 2.29. The SMILES string of the molecule is COc1ccccc1Nc1nc(N)nc(COC(=O)C2CCN(c3ccccc3[N+](=O)[O-])CC2)n1. The summed E-state index contributed by atoms with van der Waals surface area (Å²) in [5.41, 5.74) is 7.07. The van der Waals surface area contributed by atoms with Gasteiger partial charge in [0.05, 0.1) is 23.6 Å². The van der Waals surface area contributed by atoms with Gasteiger partial charge in [0.25, 0.3) is 5.69 Å². The summed E-state index contributed by atoms with van der Waals surface area (Å²) in [6, 6.07) is 13.9. The van der Waals surface area contributed by atoms with E-state index in [1.165, 1.54) is 6.07 Å². The Balaban J connectivity index is 1.34. The van der Waals surface area contributed by atoms with Crippen molar-refractivity contribution in [3.05, 3.63) is 64.5 Å². The van der Waals surface area contributed by atoms with Gasteiger partial charge in [-0.3, -0.25) is 14.9 Å². The molecule has 1 fully saturated rings. The molecule has 3 aromatic rings. The number of hydrogen-bond donors (Lipinski definition) is 2. The highest BCUT2D eigenvalue weighted by molar-refractivity contribution is 5.73. The predicted octanol–water partition coefficient (Wildman–Crippen LogP) is 3.07. The van der Waals surface area contributed by atoms with Crippen molar-refractivity contribution < 1.29 is 19.2 Å². The van der Waals surface area contributed by atoms with Crippen LogP contribution in [0.5, 0.6) is 5.75 Å². The highest BCUT2D eigenvalue weighted by atomic mass is 16.6. The Bertz CT molecular complexity index is 1210. The predicted molar refractivity (Wildman–Crippen MR) is 128 cm³/mol. The summed E-state index contributed by atoms with van der Waals surface area (Å²) in [4.78, 5) is 37.9. The van der Waals surface area contributed by atoms with Crippen LogP contribution in [0.25, 0.3) is 0 Å². The third-order valence-electron chi connectivity index (χ3n) is 5.64. The number of piperidine rings is 1. The van der Waals surface area contributed by atoms with Gasteiger partial charge in [0, 0.05) is 19.2 Å². The first-order valence-corrected chi connectivity index (χ1v) is 11.0. The van der Waals surface area contributed by atoms with Crippen molar-refractivity contribution in [2.24, 2.45) is 5.92 Å². The number of nitro groups is 1. The Labute approximate surface area is 201 Å². The second kappa shape index (κ2) is 10.6. The number of hydrogen-bond acceptors (Lipinski definition) is 11. The van der Waals surface area contributed by atoms with Gasteiger partial charge in [0.15, 0.2) is 12.4 Å². The van der Waals surface area contributed by atoms with E-state index in [1.54, 1.807) is 37.4 Å². The number of aromatic nitrogens is 3. The van der Waals surface area contributed by atoms with E-state index in [-0.39, 0.29) is 41.9 Å². The van der Waals surface area contributed by atoms with Gasteiger partial charge in [0.1, 0.15) is 11.4 Å². The van der Waals surface area contributed by atoms with Gasteiger partial charge in [0.2, 0.25) is 11.9 Å². The molecule has 1 aliphatic heterocycles. The number of nitrogen functional groups attached to an aromatic ring is 1. The zero-order chi connectivity index (χ0) is 24.8. The van der Waals surface area contributed by atoms with E-state index in [4.69, 9.17) is 15.2 Å². The Kier molecular flexibility index (Phi) is 7.19. The van der Waals surface area contributed by atoms with Crippen LogP contribution in [0, 0.1) is 16.0 Å². The maximum Gasteiger partial charge on any atom is 0.309 e. The lowest BCUT2D eigenvalue weighted by molar-refractivity contribution is -0.384. The number of nitrogens with two attached hydrogens (primary N) is 1. The molecule has 3 N–H and O–H groups in total. The van der Waals surface area contributed by atoms with E-state index >= 15 is 0 Å². The van der Waals surface area contributed by atoms with Crippen LogP contribution in [-0.4, -0.2) is 46.0 Å². The zero-order valence-corrected chi connectivity index (χ0v) is 19.1. The molecule has 0 bridgehead atoms. The van der Waals surface area contributed by atoms with Gasteiger partial charge in [-0.2, -0.15) is 15.0 Å². The first kappa shape index (κ1) is 23.7. The highest BCUT2D eigenvalue weighted by Crippen LogP contribution is 2.31. The Hall–Kier alpha value is -4.48. The Morgan fingerprint density at radius 2 is 1.86 bits per heavy atom. The number of benzene rings is 2. The fourth-order valence-corrected chi connectivity index (χ4v) is 3.92. The number of anilines is 4. The second-order valence-corrected chi connectivity index (χ2v) is 7.87. The lowest BCUT2D eigenvalue weighted by Gasteiger charge is -2.32. The molecule has 0 atom stereocenters. The number of methoxy groups -OCH3 is 1. The first-order chi connectivity index (χ1) is 16.9. The van der Waals surface area contributed by atoms with E-state index in [1.807, 2.05) is 17.0 Å². The molecule has 0 amide bonds. The average molecular weight is 479 g/mol. The fraction of sp³-hybridized carbons (Fsp3) is 0.304. The summed E-state index contributed by atoms with van der Waals surface area (Å²) in [5, 5.41) is 14.3. The molecule has 0 saturated carbocycles. The summed E-state index contributed by atoms with van der Waals surface area (Å²) in [7, 11) is 1.55. The van der Waals surface area contributed by atoms with Gasteiger partial charge < -0.3 is 25.4 Å². The van der Waals surface area contributed by atoms with Crippen molar-refractivity contribution >= 4 is 34.9 Å². The fourth-order valence-electron chi connectivity index (χ4n) is 3.92. The van der Waals surface area contributed by atoms with Crippen LogP contribution in [0.15, 0.2) is 48.5 Å². The molecule has 0 radical (unpaired) electrons. The number of ether oxygens (including phenoxy) is 2. The van der Waals surface area contributed by atoms with Gasteiger partial charge in [-0.15, -0.1) is 0 Å². The van der Waals surface area contributed by atoms with Crippen LogP contribution in [-0.2, 0) is 16.1 Å².